The van der Waals surface area contributed by atoms with Gasteiger partial charge in [-0.3, -0.25) is 9.59 Å². The van der Waals surface area contributed by atoms with Crippen molar-refractivity contribution in [3.8, 4) is 0 Å². The maximum absolute atomic E-state index is 12.5. The minimum Gasteiger partial charge on any atom is -0.550 e. The van der Waals surface area contributed by atoms with Crippen molar-refractivity contribution in [3.63, 3.8) is 0 Å². The second-order valence-electron chi connectivity index (χ2n) is 5.42. The number of hydrogen-bond donors (Lipinski definition) is 2. The number of aliphatic carboxylic acids is 1. The smallest absolute Gasteiger partial charge is 0.267 e. The molecule has 0 aliphatic heterocycles. The summed E-state index contributed by atoms with van der Waals surface area (Å²) in [5.74, 6) is -2.53. The molecule has 0 aromatic heterocycles. The molecule has 27 heavy (non-hydrogen) atoms. The van der Waals surface area contributed by atoms with Gasteiger partial charge in [-0.05, 0) is 29.8 Å². The second kappa shape index (κ2) is 9.75. The average Bonchev–Trinajstić information content (AvgIpc) is 2.61. The van der Waals surface area contributed by atoms with Gasteiger partial charge in [0.25, 0.3) is 11.8 Å². The molecule has 0 radical (unpaired) electrons. The van der Waals surface area contributed by atoms with Crippen molar-refractivity contribution in [3.05, 3.63) is 75.4 Å². The first-order valence-corrected chi connectivity index (χ1v) is 8.63. The van der Waals surface area contributed by atoms with Gasteiger partial charge < -0.3 is 20.5 Å². The van der Waals surface area contributed by atoms with E-state index >= 15 is 0 Å². The number of carbonyl (C=O) groups is 3. The highest BCUT2D eigenvalue weighted by atomic mass is 35.5. The standard InChI is InChI=1S/C19H16Cl2N2O4/c20-13-6-7-14(15(21)11-13)18(26)23-16(10-12-4-2-1-3-5-12)19(27)22-9-8-17(24)25/h1-7,10-11H,8-9H2,(H,22,27)(H,23,26)(H,24,25)/p-1/b16-10-. The van der Waals surface area contributed by atoms with E-state index in [-0.39, 0.29) is 29.2 Å². The van der Waals surface area contributed by atoms with E-state index in [0.717, 1.165) is 0 Å². The first-order valence-electron chi connectivity index (χ1n) is 7.88. The van der Waals surface area contributed by atoms with E-state index in [0.29, 0.717) is 10.6 Å². The molecule has 0 aliphatic carbocycles. The van der Waals surface area contributed by atoms with Crippen molar-refractivity contribution in [1.82, 2.24) is 10.6 Å². The Morgan fingerprint density at radius 1 is 1.04 bits per heavy atom. The molecule has 0 saturated heterocycles. The van der Waals surface area contributed by atoms with Crippen LogP contribution < -0.4 is 15.7 Å². The maximum atomic E-state index is 12.5. The predicted molar refractivity (Wildman–Crippen MR) is 101 cm³/mol. The summed E-state index contributed by atoms with van der Waals surface area (Å²) >= 11 is 11.9. The van der Waals surface area contributed by atoms with Crippen LogP contribution >= 0.6 is 23.2 Å². The van der Waals surface area contributed by atoms with E-state index in [9.17, 15) is 19.5 Å². The predicted octanol–water partition coefficient (Wildman–Crippen LogP) is 2.02. The Morgan fingerprint density at radius 3 is 2.37 bits per heavy atom. The summed E-state index contributed by atoms with van der Waals surface area (Å²) in [5, 5.41) is 15.9. The normalized spacial score (nSPS) is 11.0. The molecule has 0 bridgehead atoms. The minimum atomic E-state index is -1.29. The van der Waals surface area contributed by atoms with Crippen LogP contribution in [0.5, 0.6) is 0 Å². The molecule has 0 spiro atoms. The largest absolute Gasteiger partial charge is 0.550 e. The van der Waals surface area contributed by atoms with Gasteiger partial charge in [0.2, 0.25) is 0 Å². The van der Waals surface area contributed by atoms with Crippen LogP contribution in [0.3, 0.4) is 0 Å². The van der Waals surface area contributed by atoms with Gasteiger partial charge in [0.05, 0.1) is 10.6 Å². The molecule has 0 atom stereocenters. The second-order valence-corrected chi connectivity index (χ2v) is 6.27. The molecule has 2 aromatic carbocycles. The number of carbonyl (C=O) groups excluding carboxylic acids is 3. The van der Waals surface area contributed by atoms with E-state index in [2.05, 4.69) is 10.6 Å². The summed E-state index contributed by atoms with van der Waals surface area (Å²) in [5.41, 5.74) is 0.753. The van der Waals surface area contributed by atoms with Gasteiger partial charge in [-0.15, -0.1) is 0 Å². The summed E-state index contributed by atoms with van der Waals surface area (Å²) in [6, 6.07) is 13.2. The zero-order valence-electron chi connectivity index (χ0n) is 14.0. The fourth-order valence-electron chi connectivity index (χ4n) is 2.11. The third-order valence-electron chi connectivity index (χ3n) is 3.39. The lowest BCUT2D eigenvalue weighted by Crippen LogP contribution is -2.37. The molecular weight excluding hydrogens is 391 g/mol. The number of carboxylic acids is 1. The van der Waals surface area contributed by atoms with Gasteiger partial charge in [0.15, 0.2) is 0 Å². The molecule has 2 aromatic rings. The lowest BCUT2D eigenvalue weighted by molar-refractivity contribution is -0.305. The summed E-state index contributed by atoms with van der Waals surface area (Å²) in [6.07, 6.45) is 1.12. The van der Waals surface area contributed by atoms with Gasteiger partial charge in [-0.25, -0.2) is 0 Å². The highest BCUT2D eigenvalue weighted by Gasteiger charge is 2.16. The SMILES string of the molecule is O=C([O-])CCNC(=O)/C(=C/c1ccccc1)NC(=O)c1ccc(Cl)cc1Cl. The highest BCUT2D eigenvalue weighted by Crippen LogP contribution is 2.21. The molecule has 2 amide bonds. The number of nitrogens with one attached hydrogen (secondary N) is 2. The number of benzene rings is 2. The number of halogens is 2. The maximum Gasteiger partial charge on any atom is 0.267 e. The molecule has 2 N–H and O–H groups in total. The van der Waals surface area contributed by atoms with Crippen LogP contribution in [0.2, 0.25) is 10.0 Å². The Morgan fingerprint density at radius 2 is 1.74 bits per heavy atom. The first kappa shape index (κ1) is 20.5. The van der Waals surface area contributed by atoms with Crippen molar-refractivity contribution in [1.29, 1.82) is 0 Å². The number of amides is 2. The van der Waals surface area contributed by atoms with Crippen LogP contribution in [0.15, 0.2) is 54.2 Å². The summed E-state index contributed by atoms with van der Waals surface area (Å²) < 4.78 is 0. The van der Waals surface area contributed by atoms with Crippen LogP contribution in [0.25, 0.3) is 6.08 Å². The van der Waals surface area contributed by atoms with Gasteiger partial charge in [0, 0.05) is 24.0 Å². The van der Waals surface area contributed by atoms with Gasteiger partial charge in [-0.2, -0.15) is 0 Å². The van der Waals surface area contributed by atoms with Crippen LogP contribution in [-0.2, 0) is 9.59 Å². The molecule has 0 fully saturated rings. The van der Waals surface area contributed by atoms with E-state index in [1.54, 1.807) is 24.3 Å². The van der Waals surface area contributed by atoms with E-state index in [1.807, 2.05) is 6.07 Å². The molecule has 0 saturated carbocycles. The van der Waals surface area contributed by atoms with Crippen LogP contribution in [0.4, 0.5) is 0 Å². The third-order valence-corrected chi connectivity index (χ3v) is 3.94. The van der Waals surface area contributed by atoms with Gasteiger partial charge in [0.1, 0.15) is 5.70 Å². The quantitative estimate of drug-likeness (QED) is 0.688. The zero-order valence-corrected chi connectivity index (χ0v) is 15.5. The first-order chi connectivity index (χ1) is 12.9. The molecule has 8 heteroatoms. The van der Waals surface area contributed by atoms with Crippen molar-refractivity contribution in [2.75, 3.05) is 6.54 Å². The lowest BCUT2D eigenvalue weighted by atomic mass is 10.1. The minimum absolute atomic E-state index is 0.0597. The van der Waals surface area contributed by atoms with Crippen molar-refractivity contribution >= 4 is 47.1 Å². The Kier molecular flexibility index (Phi) is 7.40. The van der Waals surface area contributed by atoms with Crippen LogP contribution in [0.1, 0.15) is 22.3 Å². The Labute approximate surface area is 165 Å². The average molecular weight is 406 g/mol. The van der Waals surface area contributed by atoms with Crippen molar-refractivity contribution < 1.29 is 19.5 Å². The summed E-state index contributed by atoms with van der Waals surface area (Å²) in [4.78, 5) is 35.4. The summed E-state index contributed by atoms with van der Waals surface area (Å²) in [6.45, 7) is -0.134. The number of hydrogen-bond acceptors (Lipinski definition) is 4. The van der Waals surface area contributed by atoms with Crippen LogP contribution in [0, 0.1) is 0 Å². The molecular formula is C19H15Cl2N2O4-. The van der Waals surface area contributed by atoms with Crippen molar-refractivity contribution in [2.45, 2.75) is 6.42 Å². The van der Waals surface area contributed by atoms with E-state index < -0.39 is 17.8 Å². The molecule has 0 unspecified atom stereocenters. The third kappa shape index (κ3) is 6.44. The van der Waals surface area contributed by atoms with Crippen molar-refractivity contribution in [2.24, 2.45) is 0 Å². The Hall–Kier alpha value is -2.83. The summed E-state index contributed by atoms with van der Waals surface area (Å²) in [7, 11) is 0. The van der Waals surface area contributed by atoms with Gasteiger partial charge in [-0.1, -0.05) is 53.5 Å². The molecule has 6 nitrogen and oxygen atoms in total. The molecule has 0 heterocycles. The Bertz CT molecular complexity index is 883. The zero-order chi connectivity index (χ0) is 19.8. The Balaban J connectivity index is 2.23. The highest BCUT2D eigenvalue weighted by molar-refractivity contribution is 6.36. The van der Waals surface area contributed by atoms with E-state index in [1.165, 1.54) is 24.3 Å². The number of carboxylic acid groups (broad SMARTS) is 1. The molecule has 140 valence electrons. The molecule has 2 rings (SSSR count). The fraction of sp³-hybridized carbons (Fsp3) is 0.105. The molecule has 0 aliphatic rings. The number of rotatable bonds is 7. The van der Waals surface area contributed by atoms with Crippen LogP contribution in [-0.4, -0.2) is 24.3 Å². The lowest BCUT2D eigenvalue weighted by Gasteiger charge is -2.12. The topological polar surface area (TPSA) is 98.3 Å². The van der Waals surface area contributed by atoms with Gasteiger partial charge >= 0.3 is 0 Å². The fourth-order valence-corrected chi connectivity index (χ4v) is 2.61. The van der Waals surface area contributed by atoms with E-state index in [4.69, 9.17) is 23.2 Å². The monoisotopic (exact) mass is 405 g/mol.